The summed E-state index contributed by atoms with van der Waals surface area (Å²) in [6, 6.07) is 13.4. The molecule has 3 aromatic rings. The van der Waals surface area contributed by atoms with Crippen molar-refractivity contribution >= 4 is 28.5 Å². The summed E-state index contributed by atoms with van der Waals surface area (Å²) in [6.07, 6.45) is 1.57. The van der Waals surface area contributed by atoms with Crippen LogP contribution in [0.2, 0.25) is 0 Å². The summed E-state index contributed by atoms with van der Waals surface area (Å²) >= 11 is 1.38. The highest BCUT2D eigenvalue weighted by Gasteiger charge is 2.21. The first-order chi connectivity index (χ1) is 13.0. The van der Waals surface area contributed by atoms with Gasteiger partial charge in [0.05, 0.1) is 6.61 Å². The van der Waals surface area contributed by atoms with Crippen molar-refractivity contribution < 1.29 is 14.6 Å². The molecule has 0 unspecified atom stereocenters. The molecule has 5 heteroatoms. The Morgan fingerprint density at radius 1 is 1.15 bits per heavy atom. The largest absolute Gasteiger partial charge is 0.507 e. The standard InChI is InChI=1S/C22H21NO3S/c1-4-26-22(25)20-18(16-8-5-14(2)6-9-16)13-27-21(20)23-12-17-10-7-15(3)11-19(17)24/h5-13,24H,4H2,1-3H3. The molecule has 3 rings (SSSR count). The zero-order valence-corrected chi connectivity index (χ0v) is 16.3. The predicted octanol–water partition coefficient (Wildman–Crippen LogP) is 5.66. The molecule has 138 valence electrons. The molecule has 0 aliphatic carbocycles. The van der Waals surface area contributed by atoms with Crippen LogP contribution < -0.4 is 0 Å². The molecule has 0 saturated carbocycles. The molecule has 27 heavy (non-hydrogen) atoms. The number of ether oxygens (including phenoxy) is 1. The van der Waals surface area contributed by atoms with Gasteiger partial charge in [0.1, 0.15) is 16.3 Å². The van der Waals surface area contributed by atoms with E-state index in [1.807, 2.05) is 49.6 Å². The average Bonchev–Trinajstić information content (AvgIpc) is 3.06. The maximum absolute atomic E-state index is 12.6. The first kappa shape index (κ1) is 18.9. The van der Waals surface area contributed by atoms with E-state index in [4.69, 9.17) is 4.74 Å². The summed E-state index contributed by atoms with van der Waals surface area (Å²) < 4.78 is 5.25. The molecule has 4 nitrogen and oxygen atoms in total. The molecule has 0 radical (unpaired) electrons. The number of hydrogen-bond acceptors (Lipinski definition) is 5. The molecule has 0 aliphatic rings. The minimum absolute atomic E-state index is 0.159. The zero-order chi connectivity index (χ0) is 19.4. The highest BCUT2D eigenvalue weighted by atomic mass is 32.1. The number of aromatic hydroxyl groups is 1. The highest BCUT2D eigenvalue weighted by molar-refractivity contribution is 7.14. The number of carbonyl (C=O) groups is 1. The number of phenols is 1. The molecule has 2 aromatic carbocycles. The van der Waals surface area contributed by atoms with E-state index in [9.17, 15) is 9.90 Å². The first-order valence-corrected chi connectivity index (χ1v) is 9.57. The Labute approximate surface area is 162 Å². The van der Waals surface area contributed by atoms with E-state index >= 15 is 0 Å². The lowest BCUT2D eigenvalue weighted by atomic mass is 10.0. The Morgan fingerprint density at radius 2 is 1.85 bits per heavy atom. The highest BCUT2D eigenvalue weighted by Crippen LogP contribution is 2.38. The first-order valence-electron chi connectivity index (χ1n) is 8.69. The number of hydrogen-bond donors (Lipinski definition) is 1. The van der Waals surface area contributed by atoms with Crippen molar-refractivity contribution in [3.05, 3.63) is 70.1 Å². The number of thiophene rings is 1. The quantitative estimate of drug-likeness (QED) is 0.459. The summed E-state index contributed by atoms with van der Waals surface area (Å²) in [6.45, 7) is 6.01. The Hall–Kier alpha value is -2.92. The molecule has 1 aromatic heterocycles. The van der Waals surface area contributed by atoms with E-state index in [0.29, 0.717) is 22.7 Å². The number of aliphatic imine (C=N–C) groups is 1. The Kier molecular flexibility index (Phi) is 5.72. The third-order valence-corrected chi connectivity index (χ3v) is 5.01. The van der Waals surface area contributed by atoms with Crippen molar-refractivity contribution in [3.8, 4) is 16.9 Å². The summed E-state index contributed by atoms with van der Waals surface area (Å²) in [7, 11) is 0. The van der Waals surface area contributed by atoms with Gasteiger partial charge in [0.2, 0.25) is 0 Å². The van der Waals surface area contributed by atoms with Crippen molar-refractivity contribution in [3.63, 3.8) is 0 Å². The summed E-state index contributed by atoms with van der Waals surface area (Å²) in [5, 5.41) is 12.5. The molecule has 0 saturated heterocycles. The molecule has 0 bridgehead atoms. The Morgan fingerprint density at radius 3 is 2.52 bits per heavy atom. The van der Waals surface area contributed by atoms with Gasteiger partial charge < -0.3 is 9.84 Å². The van der Waals surface area contributed by atoms with Crippen LogP contribution in [0.15, 0.2) is 52.8 Å². The molecule has 1 heterocycles. The van der Waals surface area contributed by atoms with Crippen molar-refractivity contribution in [2.24, 2.45) is 4.99 Å². The number of esters is 1. The second-order valence-electron chi connectivity index (χ2n) is 6.24. The Bertz CT molecular complexity index is 987. The van der Waals surface area contributed by atoms with Gasteiger partial charge in [0.25, 0.3) is 0 Å². The van der Waals surface area contributed by atoms with Crippen LogP contribution in [0.3, 0.4) is 0 Å². The van der Waals surface area contributed by atoms with Crippen LogP contribution in [0.1, 0.15) is 34.0 Å². The lowest BCUT2D eigenvalue weighted by Crippen LogP contribution is -2.05. The van der Waals surface area contributed by atoms with E-state index in [-0.39, 0.29) is 5.75 Å². The van der Waals surface area contributed by atoms with Gasteiger partial charge in [-0.3, -0.25) is 0 Å². The van der Waals surface area contributed by atoms with Crippen LogP contribution in [0.25, 0.3) is 11.1 Å². The summed E-state index contributed by atoms with van der Waals surface area (Å²) in [5.74, 6) is -0.235. The van der Waals surface area contributed by atoms with Crippen LogP contribution in [0.5, 0.6) is 5.75 Å². The van der Waals surface area contributed by atoms with Crippen LogP contribution >= 0.6 is 11.3 Å². The minimum atomic E-state index is -0.394. The minimum Gasteiger partial charge on any atom is -0.507 e. The fourth-order valence-corrected chi connectivity index (χ4v) is 3.59. The van der Waals surface area contributed by atoms with E-state index in [0.717, 1.165) is 22.3 Å². The lowest BCUT2D eigenvalue weighted by molar-refractivity contribution is 0.0529. The van der Waals surface area contributed by atoms with Gasteiger partial charge in [-0.25, -0.2) is 9.79 Å². The van der Waals surface area contributed by atoms with Gasteiger partial charge in [-0.2, -0.15) is 0 Å². The number of nitrogens with zero attached hydrogens (tertiary/aromatic N) is 1. The van der Waals surface area contributed by atoms with Crippen LogP contribution in [0.4, 0.5) is 5.00 Å². The second kappa shape index (κ2) is 8.18. The van der Waals surface area contributed by atoms with E-state index in [1.54, 1.807) is 25.3 Å². The number of phenolic OH excluding ortho intramolecular Hbond substituents is 1. The van der Waals surface area contributed by atoms with Gasteiger partial charge in [-0.1, -0.05) is 35.9 Å². The molecule has 0 spiro atoms. The van der Waals surface area contributed by atoms with Crippen LogP contribution in [0, 0.1) is 13.8 Å². The van der Waals surface area contributed by atoms with Gasteiger partial charge in [-0.15, -0.1) is 11.3 Å². The smallest absolute Gasteiger partial charge is 0.341 e. The van der Waals surface area contributed by atoms with E-state index in [1.165, 1.54) is 11.3 Å². The van der Waals surface area contributed by atoms with Crippen molar-refractivity contribution in [2.75, 3.05) is 6.61 Å². The fraction of sp³-hybridized carbons (Fsp3) is 0.182. The third kappa shape index (κ3) is 4.26. The van der Waals surface area contributed by atoms with Gasteiger partial charge >= 0.3 is 5.97 Å². The monoisotopic (exact) mass is 379 g/mol. The molecule has 0 atom stereocenters. The number of carbonyl (C=O) groups excluding carboxylic acids is 1. The van der Waals surface area contributed by atoms with E-state index < -0.39 is 5.97 Å². The van der Waals surface area contributed by atoms with Crippen molar-refractivity contribution in [1.29, 1.82) is 0 Å². The lowest BCUT2D eigenvalue weighted by Gasteiger charge is -2.06. The fourth-order valence-electron chi connectivity index (χ4n) is 2.68. The number of benzene rings is 2. The average molecular weight is 379 g/mol. The number of rotatable bonds is 5. The van der Waals surface area contributed by atoms with Crippen molar-refractivity contribution in [1.82, 2.24) is 0 Å². The van der Waals surface area contributed by atoms with Crippen molar-refractivity contribution in [2.45, 2.75) is 20.8 Å². The molecule has 0 amide bonds. The molecule has 1 N–H and O–H groups in total. The van der Waals surface area contributed by atoms with Gasteiger partial charge in [0, 0.05) is 22.7 Å². The zero-order valence-electron chi connectivity index (χ0n) is 15.5. The molecular weight excluding hydrogens is 358 g/mol. The van der Waals surface area contributed by atoms with Gasteiger partial charge in [-0.05, 0) is 44.0 Å². The predicted molar refractivity (Wildman–Crippen MR) is 111 cm³/mol. The molecule has 0 fully saturated rings. The maximum atomic E-state index is 12.6. The molecule has 0 aliphatic heterocycles. The third-order valence-electron chi connectivity index (χ3n) is 4.12. The molecular formula is C22H21NO3S. The van der Waals surface area contributed by atoms with Crippen LogP contribution in [-0.4, -0.2) is 23.9 Å². The number of aryl methyl sites for hydroxylation is 2. The summed E-state index contributed by atoms with van der Waals surface area (Å²) in [5.41, 5.74) is 4.92. The maximum Gasteiger partial charge on any atom is 0.341 e. The summed E-state index contributed by atoms with van der Waals surface area (Å²) in [4.78, 5) is 17.0. The topological polar surface area (TPSA) is 58.9 Å². The van der Waals surface area contributed by atoms with Gasteiger partial charge in [0.15, 0.2) is 0 Å². The second-order valence-corrected chi connectivity index (χ2v) is 7.09. The SMILES string of the molecule is CCOC(=O)c1c(-c2ccc(C)cc2)csc1N=Cc1ccc(C)cc1O. The normalized spacial score (nSPS) is 11.1. The van der Waals surface area contributed by atoms with E-state index in [2.05, 4.69) is 4.99 Å². The van der Waals surface area contributed by atoms with Crippen LogP contribution in [-0.2, 0) is 4.74 Å². The Balaban J connectivity index is 2.03.